The third-order valence-corrected chi connectivity index (χ3v) is 2.99. The fourth-order valence-electron chi connectivity index (χ4n) is 1.61. The summed E-state index contributed by atoms with van der Waals surface area (Å²) in [6.07, 6.45) is 1.04. The number of hydrogen-bond donors (Lipinski definition) is 3. The second kappa shape index (κ2) is 3.70. The molecule has 1 fully saturated rings. The molecule has 0 bridgehead atoms. The largest absolute Gasteiger partial charge is 0.399 e. The molecule has 1 aliphatic carbocycles. The Labute approximate surface area is 95.2 Å². The van der Waals surface area contributed by atoms with E-state index in [1.165, 1.54) is 0 Å². The van der Waals surface area contributed by atoms with Crippen LogP contribution in [0.4, 0.5) is 16.2 Å². The molecule has 1 saturated carbocycles. The van der Waals surface area contributed by atoms with E-state index in [4.69, 9.17) is 5.73 Å². The van der Waals surface area contributed by atoms with Crippen molar-refractivity contribution in [3.63, 3.8) is 0 Å². The summed E-state index contributed by atoms with van der Waals surface area (Å²) in [5.74, 6) is 0. The molecule has 0 aliphatic heterocycles. The molecule has 1 unspecified atom stereocenters. The molecule has 4 heteroatoms. The summed E-state index contributed by atoms with van der Waals surface area (Å²) in [5, 5.41) is 5.70. The molecule has 16 heavy (non-hydrogen) atoms. The number of nitrogens with one attached hydrogen (secondary N) is 2. The standard InChI is InChI=1S/C12H17N3O/c1-12(2)7-10(12)15-11(16)14-9-5-3-8(13)4-6-9/h3-6,10H,7,13H2,1-2H3,(H2,14,15,16). The number of carbonyl (C=O) groups excluding carboxylic acids is 1. The van der Waals surface area contributed by atoms with E-state index in [-0.39, 0.29) is 11.4 Å². The van der Waals surface area contributed by atoms with Crippen molar-refractivity contribution in [1.82, 2.24) is 5.32 Å². The first-order valence-corrected chi connectivity index (χ1v) is 5.40. The van der Waals surface area contributed by atoms with Crippen molar-refractivity contribution in [2.24, 2.45) is 5.41 Å². The van der Waals surface area contributed by atoms with Crippen LogP contribution in [0.2, 0.25) is 0 Å². The van der Waals surface area contributed by atoms with Crippen LogP contribution in [0, 0.1) is 5.41 Å². The molecule has 2 rings (SSSR count). The van der Waals surface area contributed by atoms with Gasteiger partial charge in [0.05, 0.1) is 0 Å². The van der Waals surface area contributed by atoms with Gasteiger partial charge in [-0.25, -0.2) is 4.79 Å². The summed E-state index contributed by atoms with van der Waals surface area (Å²) < 4.78 is 0. The number of amides is 2. The third-order valence-electron chi connectivity index (χ3n) is 2.99. The number of nitrogen functional groups attached to an aromatic ring is 1. The van der Waals surface area contributed by atoms with Crippen molar-refractivity contribution >= 4 is 17.4 Å². The quantitative estimate of drug-likeness (QED) is 0.667. The lowest BCUT2D eigenvalue weighted by Crippen LogP contribution is -2.32. The van der Waals surface area contributed by atoms with Crippen LogP contribution in [0.3, 0.4) is 0 Å². The van der Waals surface area contributed by atoms with E-state index in [9.17, 15) is 4.79 Å². The van der Waals surface area contributed by atoms with Gasteiger partial charge in [0.2, 0.25) is 0 Å². The Morgan fingerprint density at radius 1 is 1.38 bits per heavy atom. The Morgan fingerprint density at radius 3 is 2.44 bits per heavy atom. The summed E-state index contributed by atoms with van der Waals surface area (Å²) in [6, 6.07) is 7.23. The van der Waals surface area contributed by atoms with Gasteiger partial charge in [0.1, 0.15) is 0 Å². The Balaban J connectivity index is 1.86. The maximum absolute atomic E-state index is 11.6. The molecular weight excluding hydrogens is 202 g/mol. The van der Waals surface area contributed by atoms with Gasteiger partial charge in [-0.2, -0.15) is 0 Å². The Hall–Kier alpha value is -1.71. The van der Waals surface area contributed by atoms with E-state index in [2.05, 4.69) is 24.5 Å². The molecule has 0 aromatic heterocycles. The van der Waals surface area contributed by atoms with Crippen LogP contribution in [0.15, 0.2) is 24.3 Å². The summed E-state index contributed by atoms with van der Waals surface area (Å²) >= 11 is 0. The number of anilines is 2. The maximum atomic E-state index is 11.6. The number of rotatable bonds is 2. The average molecular weight is 219 g/mol. The predicted molar refractivity (Wildman–Crippen MR) is 65.2 cm³/mol. The van der Waals surface area contributed by atoms with E-state index >= 15 is 0 Å². The second-order valence-corrected chi connectivity index (χ2v) is 4.97. The molecule has 4 N–H and O–H groups in total. The average Bonchev–Trinajstić information content (AvgIpc) is 2.77. The SMILES string of the molecule is CC1(C)CC1NC(=O)Nc1ccc(N)cc1. The van der Waals surface area contributed by atoms with Gasteiger partial charge in [0.25, 0.3) is 0 Å². The third kappa shape index (κ3) is 2.45. The van der Waals surface area contributed by atoms with Crippen molar-refractivity contribution in [2.45, 2.75) is 26.3 Å². The van der Waals surface area contributed by atoms with Gasteiger partial charge >= 0.3 is 6.03 Å². The Morgan fingerprint density at radius 2 is 1.94 bits per heavy atom. The minimum Gasteiger partial charge on any atom is -0.399 e. The summed E-state index contributed by atoms with van der Waals surface area (Å²) in [5.41, 5.74) is 7.25. The van der Waals surface area contributed by atoms with Crippen LogP contribution in [0.1, 0.15) is 20.3 Å². The van der Waals surface area contributed by atoms with Crippen molar-refractivity contribution in [3.05, 3.63) is 24.3 Å². The molecule has 2 amide bonds. The molecule has 1 atom stereocenters. The number of urea groups is 1. The van der Waals surface area contributed by atoms with Gasteiger partial charge < -0.3 is 16.4 Å². The zero-order valence-corrected chi connectivity index (χ0v) is 9.58. The highest BCUT2D eigenvalue weighted by Gasteiger charge is 2.46. The highest BCUT2D eigenvalue weighted by atomic mass is 16.2. The van der Waals surface area contributed by atoms with Crippen molar-refractivity contribution < 1.29 is 4.79 Å². The van der Waals surface area contributed by atoms with Crippen LogP contribution in [-0.2, 0) is 0 Å². The summed E-state index contributed by atoms with van der Waals surface area (Å²) in [6.45, 7) is 4.28. The molecule has 0 saturated heterocycles. The lowest BCUT2D eigenvalue weighted by Gasteiger charge is -2.08. The van der Waals surface area contributed by atoms with Crippen LogP contribution < -0.4 is 16.4 Å². The molecule has 1 aromatic carbocycles. The Bertz CT molecular complexity index is 397. The first kappa shape index (κ1) is 10.8. The highest BCUT2D eigenvalue weighted by molar-refractivity contribution is 5.89. The van der Waals surface area contributed by atoms with Gasteiger partial charge in [-0.3, -0.25) is 0 Å². The van der Waals surface area contributed by atoms with E-state index in [0.29, 0.717) is 11.7 Å². The fourth-order valence-corrected chi connectivity index (χ4v) is 1.61. The minimum absolute atomic E-state index is 0.152. The smallest absolute Gasteiger partial charge is 0.319 e. The monoisotopic (exact) mass is 219 g/mol. The van der Waals surface area contributed by atoms with Gasteiger partial charge in [-0.15, -0.1) is 0 Å². The van der Waals surface area contributed by atoms with E-state index in [1.54, 1.807) is 24.3 Å². The topological polar surface area (TPSA) is 67.2 Å². The molecule has 4 nitrogen and oxygen atoms in total. The van der Waals surface area contributed by atoms with Crippen molar-refractivity contribution in [3.8, 4) is 0 Å². The number of carbonyl (C=O) groups is 1. The second-order valence-electron chi connectivity index (χ2n) is 4.97. The number of benzene rings is 1. The zero-order chi connectivity index (χ0) is 11.8. The number of nitrogens with two attached hydrogens (primary N) is 1. The van der Waals surface area contributed by atoms with Gasteiger partial charge in [0, 0.05) is 17.4 Å². The molecule has 1 aromatic rings. The van der Waals surface area contributed by atoms with Crippen molar-refractivity contribution in [2.75, 3.05) is 11.1 Å². The summed E-state index contributed by atoms with van der Waals surface area (Å²) in [7, 11) is 0. The molecule has 0 spiro atoms. The normalized spacial score (nSPS) is 21.2. The first-order valence-electron chi connectivity index (χ1n) is 5.40. The molecule has 86 valence electrons. The Kier molecular flexibility index (Phi) is 2.50. The molecule has 1 aliphatic rings. The van der Waals surface area contributed by atoms with Crippen LogP contribution in [0.5, 0.6) is 0 Å². The van der Waals surface area contributed by atoms with Gasteiger partial charge in [-0.1, -0.05) is 13.8 Å². The lowest BCUT2D eigenvalue weighted by atomic mass is 10.2. The van der Waals surface area contributed by atoms with Crippen molar-refractivity contribution in [1.29, 1.82) is 0 Å². The molecular formula is C12H17N3O. The van der Waals surface area contributed by atoms with E-state index in [1.807, 2.05) is 0 Å². The lowest BCUT2D eigenvalue weighted by molar-refractivity contribution is 0.250. The zero-order valence-electron chi connectivity index (χ0n) is 9.58. The first-order chi connectivity index (χ1) is 7.47. The highest BCUT2D eigenvalue weighted by Crippen LogP contribution is 2.44. The van der Waals surface area contributed by atoms with Crippen LogP contribution >= 0.6 is 0 Å². The van der Waals surface area contributed by atoms with E-state index in [0.717, 1.165) is 12.1 Å². The van der Waals surface area contributed by atoms with Gasteiger partial charge in [0.15, 0.2) is 0 Å². The predicted octanol–water partition coefficient (Wildman–Crippen LogP) is 2.19. The fraction of sp³-hybridized carbons (Fsp3) is 0.417. The van der Waals surface area contributed by atoms with Gasteiger partial charge in [-0.05, 0) is 36.1 Å². The van der Waals surface area contributed by atoms with Crippen LogP contribution in [-0.4, -0.2) is 12.1 Å². The molecule has 0 heterocycles. The van der Waals surface area contributed by atoms with E-state index < -0.39 is 0 Å². The molecule has 0 radical (unpaired) electrons. The van der Waals surface area contributed by atoms with Crippen LogP contribution in [0.25, 0.3) is 0 Å². The summed E-state index contributed by atoms with van der Waals surface area (Å²) in [4.78, 5) is 11.6. The minimum atomic E-state index is -0.152. The maximum Gasteiger partial charge on any atom is 0.319 e. The number of hydrogen-bond acceptors (Lipinski definition) is 2.